The Kier molecular flexibility index (Phi) is 5.88. The molecule has 0 aliphatic heterocycles. The summed E-state index contributed by atoms with van der Waals surface area (Å²) in [4.78, 5) is 13.9. The predicted molar refractivity (Wildman–Crippen MR) is 71.2 cm³/mol. The van der Waals surface area contributed by atoms with E-state index < -0.39 is 0 Å². The Morgan fingerprint density at radius 3 is 2.72 bits per heavy atom. The van der Waals surface area contributed by atoms with Gasteiger partial charge >= 0.3 is 0 Å². The maximum atomic E-state index is 11.8. The molecule has 0 saturated heterocycles. The first-order valence-electron chi connectivity index (χ1n) is 6.20. The van der Waals surface area contributed by atoms with Crippen molar-refractivity contribution in [3.05, 3.63) is 24.2 Å². The summed E-state index contributed by atoms with van der Waals surface area (Å²) in [7, 11) is 4.03. The largest absolute Gasteiger partial charge is 0.467 e. The van der Waals surface area contributed by atoms with Gasteiger partial charge in [-0.2, -0.15) is 0 Å². The second-order valence-corrected chi connectivity index (χ2v) is 4.85. The average Bonchev–Trinajstić information content (AvgIpc) is 2.77. The molecule has 0 aliphatic carbocycles. The molecule has 5 heteroatoms. The van der Waals surface area contributed by atoms with Crippen molar-refractivity contribution in [1.29, 1.82) is 0 Å². The summed E-state index contributed by atoms with van der Waals surface area (Å²) in [6.45, 7) is 5.26. The van der Waals surface area contributed by atoms with E-state index in [0.29, 0.717) is 6.54 Å². The highest BCUT2D eigenvalue weighted by atomic mass is 16.3. The minimum absolute atomic E-state index is 0.0167. The van der Waals surface area contributed by atoms with Gasteiger partial charge in [0.05, 0.1) is 18.8 Å². The van der Waals surface area contributed by atoms with E-state index in [4.69, 9.17) is 4.42 Å². The lowest BCUT2D eigenvalue weighted by molar-refractivity contribution is -0.123. The molecule has 1 aromatic heterocycles. The van der Waals surface area contributed by atoms with Crippen LogP contribution in [0.1, 0.15) is 19.6 Å². The molecule has 0 aromatic carbocycles. The first kappa shape index (κ1) is 14.7. The van der Waals surface area contributed by atoms with E-state index in [9.17, 15) is 4.79 Å². The molecule has 102 valence electrons. The van der Waals surface area contributed by atoms with E-state index in [1.807, 2.05) is 33.2 Å². The van der Waals surface area contributed by atoms with Gasteiger partial charge in [-0.25, -0.2) is 0 Å². The van der Waals surface area contributed by atoms with Gasteiger partial charge in [-0.05, 0) is 40.1 Å². The number of rotatable bonds is 7. The molecular formula is C13H23N3O2. The Morgan fingerprint density at radius 1 is 1.44 bits per heavy atom. The molecule has 1 heterocycles. The quantitative estimate of drug-likeness (QED) is 0.755. The number of likely N-dealkylation sites (N-methyl/N-ethyl adjacent to an activating group) is 1. The molecule has 2 atom stereocenters. The zero-order chi connectivity index (χ0) is 13.5. The van der Waals surface area contributed by atoms with Crippen LogP contribution >= 0.6 is 0 Å². The van der Waals surface area contributed by atoms with Gasteiger partial charge in [0.2, 0.25) is 5.91 Å². The summed E-state index contributed by atoms with van der Waals surface area (Å²) in [6.07, 6.45) is 1.60. The Balaban J connectivity index is 2.28. The third-order valence-electron chi connectivity index (χ3n) is 2.58. The van der Waals surface area contributed by atoms with Crippen LogP contribution in [0.3, 0.4) is 0 Å². The second kappa shape index (κ2) is 7.18. The van der Waals surface area contributed by atoms with Crippen LogP contribution in [0.2, 0.25) is 0 Å². The zero-order valence-corrected chi connectivity index (χ0v) is 11.6. The molecule has 0 fully saturated rings. The van der Waals surface area contributed by atoms with Crippen molar-refractivity contribution in [3.8, 4) is 0 Å². The number of carbonyl (C=O) groups is 1. The minimum Gasteiger partial charge on any atom is -0.467 e. The zero-order valence-electron chi connectivity index (χ0n) is 11.6. The molecule has 1 aromatic rings. The van der Waals surface area contributed by atoms with Crippen LogP contribution in [-0.4, -0.2) is 43.5 Å². The molecule has 0 radical (unpaired) electrons. The van der Waals surface area contributed by atoms with Crippen molar-refractivity contribution in [3.63, 3.8) is 0 Å². The average molecular weight is 253 g/mol. The lowest BCUT2D eigenvalue weighted by Crippen LogP contribution is -2.48. The Bertz CT molecular complexity index is 349. The van der Waals surface area contributed by atoms with Gasteiger partial charge in [-0.1, -0.05) is 0 Å². The van der Waals surface area contributed by atoms with E-state index >= 15 is 0 Å². The van der Waals surface area contributed by atoms with Crippen LogP contribution in [0, 0.1) is 0 Å². The molecule has 1 amide bonds. The number of furan rings is 1. The summed E-state index contributed by atoms with van der Waals surface area (Å²) < 4.78 is 5.16. The highest BCUT2D eigenvalue weighted by Gasteiger charge is 2.15. The number of nitrogens with one attached hydrogen (secondary N) is 2. The van der Waals surface area contributed by atoms with Gasteiger partial charge in [-0.3, -0.25) is 4.79 Å². The van der Waals surface area contributed by atoms with E-state index in [0.717, 1.165) is 12.3 Å². The molecule has 0 aliphatic rings. The van der Waals surface area contributed by atoms with Gasteiger partial charge < -0.3 is 20.0 Å². The van der Waals surface area contributed by atoms with Gasteiger partial charge in [0.1, 0.15) is 5.76 Å². The number of hydrogen-bond acceptors (Lipinski definition) is 4. The Hall–Kier alpha value is -1.33. The van der Waals surface area contributed by atoms with Crippen molar-refractivity contribution >= 4 is 5.91 Å². The van der Waals surface area contributed by atoms with Crippen molar-refractivity contribution in [1.82, 2.24) is 15.5 Å². The monoisotopic (exact) mass is 253 g/mol. The topological polar surface area (TPSA) is 57.5 Å². The van der Waals surface area contributed by atoms with Crippen LogP contribution in [0.15, 0.2) is 22.8 Å². The van der Waals surface area contributed by atoms with Crippen LogP contribution < -0.4 is 10.6 Å². The number of nitrogens with zero attached hydrogens (tertiary/aromatic N) is 1. The van der Waals surface area contributed by atoms with Crippen LogP contribution in [0.5, 0.6) is 0 Å². The molecule has 0 bridgehead atoms. The van der Waals surface area contributed by atoms with Gasteiger partial charge in [-0.15, -0.1) is 0 Å². The molecular weight excluding hydrogens is 230 g/mol. The van der Waals surface area contributed by atoms with Crippen LogP contribution in [0.25, 0.3) is 0 Å². The molecule has 1 rings (SSSR count). The normalized spacial score (nSPS) is 14.5. The molecule has 2 N–H and O–H groups in total. The molecule has 18 heavy (non-hydrogen) atoms. The second-order valence-electron chi connectivity index (χ2n) is 4.85. The van der Waals surface area contributed by atoms with Crippen LogP contribution in [-0.2, 0) is 11.3 Å². The number of carbonyl (C=O) groups excluding carboxylic acids is 1. The van der Waals surface area contributed by atoms with Gasteiger partial charge in [0, 0.05) is 12.6 Å². The maximum absolute atomic E-state index is 11.8. The number of hydrogen-bond donors (Lipinski definition) is 2. The number of amides is 1. The lowest BCUT2D eigenvalue weighted by atomic mass is 10.2. The van der Waals surface area contributed by atoms with Crippen LogP contribution in [0.4, 0.5) is 0 Å². The van der Waals surface area contributed by atoms with Gasteiger partial charge in [0.15, 0.2) is 0 Å². The van der Waals surface area contributed by atoms with Crippen molar-refractivity contribution in [2.24, 2.45) is 0 Å². The summed E-state index contributed by atoms with van der Waals surface area (Å²) in [5.41, 5.74) is 0. The summed E-state index contributed by atoms with van der Waals surface area (Å²) in [5.74, 6) is 0.744. The molecule has 0 spiro atoms. The van der Waals surface area contributed by atoms with E-state index in [-0.39, 0.29) is 18.0 Å². The molecule has 0 saturated carbocycles. The summed E-state index contributed by atoms with van der Waals surface area (Å²) in [6, 6.07) is 3.70. The first-order valence-corrected chi connectivity index (χ1v) is 6.20. The van der Waals surface area contributed by atoms with Crippen molar-refractivity contribution in [2.45, 2.75) is 32.5 Å². The first-order chi connectivity index (χ1) is 8.49. The molecule has 5 nitrogen and oxygen atoms in total. The Morgan fingerprint density at radius 2 is 2.17 bits per heavy atom. The smallest absolute Gasteiger partial charge is 0.237 e. The van der Waals surface area contributed by atoms with E-state index in [1.54, 1.807) is 6.26 Å². The minimum atomic E-state index is -0.213. The third kappa shape index (κ3) is 5.33. The maximum Gasteiger partial charge on any atom is 0.237 e. The van der Waals surface area contributed by atoms with Crippen molar-refractivity contribution < 1.29 is 9.21 Å². The fraction of sp³-hybridized carbons (Fsp3) is 0.615. The summed E-state index contributed by atoms with van der Waals surface area (Å²) in [5, 5.41) is 6.09. The molecule has 2 unspecified atom stereocenters. The highest BCUT2D eigenvalue weighted by molar-refractivity contribution is 5.81. The predicted octanol–water partition coefficient (Wildman–Crippen LogP) is 0.824. The standard InChI is InChI=1S/C13H23N3O2/c1-10(9-16(3)4)15-11(2)13(17)14-8-12-6-5-7-18-12/h5-7,10-11,15H,8-9H2,1-4H3,(H,14,17). The fourth-order valence-electron chi connectivity index (χ4n) is 1.84. The van der Waals surface area contributed by atoms with E-state index in [2.05, 4.69) is 22.5 Å². The van der Waals surface area contributed by atoms with Gasteiger partial charge in [0.25, 0.3) is 0 Å². The van der Waals surface area contributed by atoms with E-state index in [1.165, 1.54) is 0 Å². The third-order valence-corrected chi connectivity index (χ3v) is 2.58. The summed E-state index contributed by atoms with van der Waals surface area (Å²) >= 11 is 0. The van der Waals surface area contributed by atoms with Crippen molar-refractivity contribution in [2.75, 3.05) is 20.6 Å². The fourth-order valence-corrected chi connectivity index (χ4v) is 1.84. The lowest BCUT2D eigenvalue weighted by Gasteiger charge is -2.22. The Labute approximate surface area is 109 Å². The SMILES string of the molecule is CC(CN(C)C)NC(C)C(=O)NCc1ccco1. The highest BCUT2D eigenvalue weighted by Crippen LogP contribution is 1.99.